The summed E-state index contributed by atoms with van der Waals surface area (Å²) in [5.41, 5.74) is 0.922. The van der Waals surface area contributed by atoms with Crippen LogP contribution >= 0.6 is 12.4 Å². The van der Waals surface area contributed by atoms with E-state index < -0.39 is 11.7 Å². The first-order chi connectivity index (χ1) is 12.0. The van der Waals surface area contributed by atoms with E-state index in [-0.39, 0.29) is 24.6 Å². The molecule has 0 saturated carbocycles. The van der Waals surface area contributed by atoms with Crippen molar-refractivity contribution in [2.75, 3.05) is 19.7 Å². The molecule has 0 aliphatic carbocycles. The highest BCUT2D eigenvalue weighted by atomic mass is 35.5. The van der Waals surface area contributed by atoms with Gasteiger partial charge in [0.15, 0.2) is 0 Å². The lowest BCUT2D eigenvalue weighted by Crippen LogP contribution is -2.30. The Morgan fingerprint density at radius 3 is 2.31 bits per heavy atom. The third-order valence-corrected chi connectivity index (χ3v) is 4.59. The molecule has 6 heteroatoms. The van der Waals surface area contributed by atoms with Crippen molar-refractivity contribution in [2.24, 2.45) is 5.92 Å². The Morgan fingerprint density at radius 2 is 1.65 bits per heavy atom. The monoisotopic (exact) mass is 385 g/mol. The molecule has 1 heterocycles. The topological polar surface area (TPSA) is 21.3 Å². The van der Waals surface area contributed by atoms with Crippen LogP contribution in [0.3, 0.4) is 0 Å². The average Bonchev–Trinajstić information content (AvgIpc) is 2.63. The van der Waals surface area contributed by atoms with Crippen LogP contribution in [0.15, 0.2) is 48.5 Å². The minimum Gasteiger partial charge on any atom is -0.376 e. The van der Waals surface area contributed by atoms with Crippen molar-refractivity contribution in [2.45, 2.75) is 25.6 Å². The maximum atomic E-state index is 13.5. The minimum absolute atomic E-state index is 0. The van der Waals surface area contributed by atoms with E-state index in [1.54, 1.807) is 6.07 Å². The summed E-state index contributed by atoms with van der Waals surface area (Å²) in [6.45, 7) is 2.41. The van der Waals surface area contributed by atoms with Gasteiger partial charge in [-0.05, 0) is 54.6 Å². The van der Waals surface area contributed by atoms with E-state index in [4.69, 9.17) is 4.74 Å². The molecule has 0 spiro atoms. The van der Waals surface area contributed by atoms with Crippen LogP contribution < -0.4 is 5.32 Å². The van der Waals surface area contributed by atoms with E-state index in [9.17, 15) is 13.2 Å². The van der Waals surface area contributed by atoms with E-state index in [0.717, 1.165) is 31.5 Å². The number of hydrogen-bond donors (Lipinski definition) is 1. The van der Waals surface area contributed by atoms with Gasteiger partial charge in [0.25, 0.3) is 0 Å². The molecule has 0 amide bonds. The molecule has 1 fully saturated rings. The molecule has 1 aliphatic rings. The van der Waals surface area contributed by atoms with Crippen LogP contribution in [-0.2, 0) is 17.5 Å². The average molecular weight is 386 g/mol. The summed E-state index contributed by atoms with van der Waals surface area (Å²) in [5.74, 6) is 0.430. The number of benzene rings is 2. The molecule has 26 heavy (non-hydrogen) atoms. The molecule has 2 aromatic rings. The number of alkyl halides is 3. The first kappa shape index (κ1) is 20.7. The van der Waals surface area contributed by atoms with Gasteiger partial charge in [0.1, 0.15) is 0 Å². The van der Waals surface area contributed by atoms with Gasteiger partial charge in [0.2, 0.25) is 0 Å². The smallest absolute Gasteiger partial charge is 0.376 e. The van der Waals surface area contributed by atoms with Gasteiger partial charge in [-0.1, -0.05) is 42.5 Å². The number of rotatable bonds is 5. The molecule has 2 aromatic carbocycles. The van der Waals surface area contributed by atoms with Gasteiger partial charge in [-0.2, -0.15) is 13.2 Å². The highest BCUT2D eigenvalue weighted by molar-refractivity contribution is 5.85. The van der Waals surface area contributed by atoms with Crippen LogP contribution in [-0.4, -0.2) is 19.7 Å². The number of nitrogens with one attached hydrogen (secondary N) is 1. The summed E-state index contributed by atoms with van der Waals surface area (Å²) in [4.78, 5) is 0. The third kappa shape index (κ3) is 5.47. The van der Waals surface area contributed by atoms with Crippen LogP contribution in [0.5, 0.6) is 0 Å². The highest BCUT2D eigenvalue weighted by Gasteiger charge is 2.33. The molecule has 2 nitrogen and oxygen atoms in total. The maximum Gasteiger partial charge on any atom is 0.416 e. The fourth-order valence-corrected chi connectivity index (χ4v) is 3.16. The maximum absolute atomic E-state index is 13.5. The second-order valence-electron chi connectivity index (χ2n) is 6.44. The Bertz CT molecular complexity index is 685. The van der Waals surface area contributed by atoms with Crippen molar-refractivity contribution in [1.82, 2.24) is 5.32 Å². The zero-order chi connectivity index (χ0) is 17.7. The Labute approximate surface area is 158 Å². The van der Waals surface area contributed by atoms with Crippen molar-refractivity contribution in [1.29, 1.82) is 0 Å². The van der Waals surface area contributed by atoms with Crippen molar-refractivity contribution in [3.8, 4) is 11.1 Å². The lowest BCUT2D eigenvalue weighted by Gasteiger charge is -2.22. The summed E-state index contributed by atoms with van der Waals surface area (Å²) in [7, 11) is 0. The van der Waals surface area contributed by atoms with Crippen LogP contribution in [0.25, 0.3) is 11.1 Å². The summed E-state index contributed by atoms with van der Waals surface area (Å²) >= 11 is 0. The lowest BCUT2D eigenvalue weighted by atomic mass is 9.98. The van der Waals surface area contributed by atoms with Crippen molar-refractivity contribution < 1.29 is 17.9 Å². The zero-order valence-electron chi connectivity index (χ0n) is 14.4. The lowest BCUT2D eigenvalue weighted by molar-refractivity contribution is -0.138. The number of ether oxygens (including phenoxy) is 1. The van der Waals surface area contributed by atoms with Gasteiger partial charge >= 0.3 is 6.18 Å². The predicted molar refractivity (Wildman–Crippen MR) is 99.4 cm³/mol. The molecule has 0 unspecified atom stereocenters. The Balaban J connectivity index is 0.00000243. The van der Waals surface area contributed by atoms with Gasteiger partial charge in [-0.3, -0.25) is 0 Å². The molecule has 142 valence electrons. The predicted octanol–water partition coefficient (Wildman–Crippen LogP) is 5.31. The molecule has 0 atom stereocenters. The number of hydrogen-bond acceptors (Lipinski definition) is 2. The first-order valence-electron chi connectivity index (χ1n) is 8.58. The van der Waals surface area contributed by atoms with Gasteiger partial charge in [0, 0.05) is 6.61 Å². The Hall–Kier alpha value is -1.56. The molecular weight excluding hydrogens is 363 g/mol. The van der Waals surface area contributed by atoms with E-state index in [1.165, 1.54) is 12.1 Å². The van der Waals surface area contributed by atoms with E-state index in [0.29, 0.717) is 18.1 Å². The van der Waals surface area contributed by atoms with E-state index >= 15 is 0 Å². The van der Waals surface area contributed by atoms with Gasteiger partial charge in [0.05, 0.1) is 12.2 Å². The fraction of sp³-hybridized carbons (Fsp3) is 0.400. The van der Waals surface area contributed by atoms with Crippen molar-refractivity contribution in [3.63, 3.8) is 0 Å². The van der Waals surface area contributed by atoms with Crippen LogP contribution in [0.1, 0.15) is 24.0 Å². The van der Waals surface area contributed by atoms with Gasteiger partial charge in [-0.25, -0.2) is 0 Å². The summed E-state index contributed by atoms with van der Waals surface area (Å²) in [6, 6.07) is 13.6. The molecule has 1 N–H and O–H groups in total. The van der Waals surface area contributed by atoms with Crippen LogP contribution in [0.4, 0.5) is 13.2 Å². The Kier molecular flexibility index (Phi) is 7.50. The van der Waals surface area contributed by atoms with E-state index in [2.05, 4.69) is 5.32 Å². The first-order valence-corrected chi connectivity index (χ1v) is 8.58. The minimum atomic E-state index is -4.39. The van der Waals surface area contributed by atoms with Crippen molar-refractivity contribution >= 4 is 12.4 Å². The fourth-order valence-electron chi connectivity index (χ4n) is 3.16. The number of piperidine rings is 1. The highest BCUT2D eigenvalue weighted by Crippen LogP contribution is 2.35. The molecule has 1 saturated heterocycles. The van der Waals surface area contributed by atoms with Crippen molar-refractivity contribution in [3.05, 3.63) is 59.7 Å². The second-order valence-corrected chi connectivity index (χ2v) is 6.44. The second kappa shape index (κ2) is 9.40. The summed E-state index contributed by atoms with van der Waals surface area (Å²) in [5, 5.41) is 3.27. The Morgan fingerprint density at radius 1 is 0.962 bits per heavy atom. The molecule has 0 aromatic heterocycles. The third-order valence-electron chi connectivity index (χ3n) is 4.59. The standard InChI is InChI=1S/C20H22F3NO.ClH/c21-20(22,23)19-12-17(16-4-2-1-3-5-16)6-7-18(19)14-25-13-15-8-10-24-11-9-15;/h1-7,12,15,24H,8-11,13-14H2;1H. The largest absolute Gasteiger partial charge is 0.416 e. The summed E-state index contributed by atoms with van der Waals surface area (Å²) < 4.78 is 46.0. The molecule has 1 aliphatic heterocycles. The van der Waals surface area contributed by atoms with E-state index in [1.807, 2.05) is 30.3 Å². The molecule has 3 rings (SSSR count). The normalized spacial score (nSPS) is 15.5. The molecular formula is C20H23ClF3NO. The molecule has 0 radical (unpaired) electrons. The van der Waals surface area contributed by atoms with Crippen LogP contribution in [0.2, 0.25) is 0 Å². The number of halogens is 4. The SMILES string of the molecule is Cl.FC(F)(F)c1cc(-c2ccccc2)ccc1COCC1CCNCC1. The van der Waals surface area contributed by atoms with Crippen LogP contribution in [0, 0.1) is 5.92 Å². The van der Waals surface area contributed by atoms with Gasteiger partial charge in [-0.15, -0.1) is 12.4 Å². The zero-order valence-corrected chi connectivity index (χ0v) is 15.2. The summed E-state index contributed by atoms with van der Waals surface area (Å²) in [6.07, 6.45) is -2.36. The molecule has 0 bridgehead atoms. The van der Waals surface area contributed by atoms with Gasteiger partial charge < -0.3 is 10.1 Å². The quantitative estimate of drug-likeness (QED) is 0.753.